The smallest absolute Gasteiger partial charge is 0.329 e. The maximum Gasteiger partial charge on any atom is 0.329 e. The largest absolute Gasteiger partial charge is 0.489 e. The Morgan fingerprint density at radius 3 is 1.10 bits per heavy atom. The zero-order valence-corrected chi connectivity index (χ0v) is 81.4. The van der Waals surface area contributed by atoms with Gasteiger partial charge in [-0.05, 0) is 205 Å². The summed E-state index contributed by atoms with van der Waals surface area (Å²) in [5, 5.41) is 33.8. The molecule has 5 aromatic rings. The molecule has 0 aliphatic carbocycles. The van der Waals surface area contributed by atoms with Crippen LogP contribution in [0.25, 0.3) is 0 Å². The highest BCUT2D eigenvalue weighted by Crippen LogP contribution is 2.25. The predicted molar refractivity (Wildman–Crippen MR) is 517 cm³/mol. The van der Waals surface area contributed by atoms with Crippen molar-refractivity contribution in [3.8, 4) is 11.5 Å². The van der Waals surface area contributed by atoms with Crippen molar-refractivity contribution in [2.75, 3.05) is 119 Å². The third kappa shape index (κ3) is 53.9. The number of aliphatic hydroxyl groups is 3. The second-order valence-electron chi connectivity index (χ2n) is 34.0. The number of hydrogen-bond acceptors (Lipinski definition) is 25. The molecule has 5 aromatic carbocycles. The minimum absolute atomic E-state index is 0. The molecule has 0 bridgehead atoms. The molecule has 724 valence electrons. The monoisotopic (exact) mass is 1890 g/mol. The van der Waals surface area contributed by atoms with Crippen LogP contribution in [0.2, 0.25) is 0 Å². The summed E-state index contributed by atoms with van der Waals surface area (Å²) in [6, 6.07) is 38.7. The molecule has 128 heavy (non-hydrogen) atoms. The molecule has 3 fully saturated rings. The van der Waals surface area contributed by atoms with E-state index < -0.39 is 79.8 Å². The van der Waals surface area contributed by atoms with Gasteiger partial charge in [0.15, 0.2) is 0 Å². The summed E-state index contributed by atoms with van der Waals surface area (Å²) < 4.78 is 65.9. The van der Waals surface area contributed by atoms with E-state index in [2.05, 4.69) is 30.7 Å². The third-order valence-electron chi connectivity index (χ3n) is 19.8. The maximum atomic E-state index is 13.6. The Labute approximate surface area is 787 Å². The van der Waals surface area contributed by atoms with Gasteiger partial charge in [-0.3, -0.25) is 38.7 Å². The lowest BCUT2D eigenvalue weighted by Gasteiger charge is -2.29. The highest BCUT2D eigenvalue weighted by atomic mass is 35.7. The number of unbranched alkanes of at least 4 members (excludes halogenated alkanes) is 1. The quantitative estimate of drug-likeness (QED) is 0.0108. The highest BCUT2D eigenvalue weighted by molar-refractivity contribution is 8.13. The Morgan fingerprint density at radius 1 is 0.461 bits per heavy atom. The average molecular weight is 1890 g/mol. The first-order chi connectivity index (χ1) is 59.0. The molecule has 0 spiro atoms. The van der Waals surface area contributed by atoms with Crippen LogP contribution in [0.1, 0.15) is 194 Å². The number of carbonyl (C=O) groups is 8. The number of benzene rings is 5. The third-order valence-corrected chi connectivity index (χ3v) is 21.2. The standard InChI is InChI=1S/C35H50N2O6.C34H48N2O7.C17H33N3O5.C7H7ClO2S.CH4O.CH4.3H2S/c1-5-6-15-32(34(40)43-35(2,3)4)36-33(39)29(18-19-37-20-22-41-23-21-37)25-30(38)17-16-27-13-10-14-31(24-27)42-26-28-11-8-7-9-12-28;1-34(2,3)43-33(40)31(13-8-20-37)35-32(39)28(16-17-36-18-21-41-22-19-36)24-29(38)15-14-26-11-7-12-30(23-26)42-25-27-9-5-4-6-10-27;1-17(2,3)25-16(23)14(5-4-10-21)19-15(22)13(18)6-7-20-8-11-24-12-9-20;1-6-2-4-7(5-3-6)11(8,9)10;1-2;;;;/h7-14,24,29,32H,5-6,15-23,25-26H2,1-4H3,(H,36,39);4-7,9-12,23,28,31,37H,8,13-22,24-25H2,1-3H3,(H,35,39);13-14,21H,4-12,18H2,1-3H3,(H,19,22);2-5H,1H3;2H,1H3;1H4;3*1H2/t29-,32+;28-,31+;13-,14-;;;;;;/m110....../s1. The zero-order chi connectivity index (χ0) is 91.5. The van der Waals surface area contributed by atoms with Gasteiger partial charge in [-0.2, -0.15) is 40.5 Å². The summed E-state index contributed by atoms with van der Waals surface area (Å²) in [5.41, 5.74) is 9.14. The number of aliphatic hydroxyl groups excluding tert-OH is 3. The minimum atomic E-state index is -3.55. The Morgan fingerprint density at radius 2 is 0.781 bits per heavy atom. The lowest BCUT2D eigenvalue weighted by atomic mass is 9.94. The van der Waals surface area contributed by atoms with Crippen molar-refractivity contribution in [1.29, 1.82) is 0 Å². The number of rotatable bonds is 44. The zero-order valence-electron chi connectivity index (χ0n) is 76.8. The van der Waals surface area contributed by atoms with Crippen molar-refractivity contribution < 1.29 is 100.0 Å². The second-order valence-corrected chi connectivity index (χ2v) is 36.5. The lowest BCUT2D eigenvalue weighted by molar-refractivity contribution is -0.160. The maximum absolute atomic E-state index is 13.6. The molecular weight excluding hydrogens is 1740 g/mol. The van der Waals surface area contributed by atoms with Gasteiger partial charge in [0.1, 0.15) is 71.2 Å². The first-order valence-electron chi connectivity index (χ1n) is 43.5. The van der Waals surface area contributed by atoms with E-state index in [1.807, 2.05) is 144 Å². The Kier molecular flexibility index (Phi) is 62.4. The van der Waals surface area contributed by atoms with E-state index in [4.69, 9.17) is 64.5 Å². The van der Waals surface area contributed by atoms with Gasteiger partial charge in [-0.1, -0.05) is 130 Å². The SMILES string of the molecule is C.CC(C)(C)OC(=O)[C@H](CCCO)NC(=O)[C@@H](N)CCN1CCOCC1.CC(C)(C)OC(=O)[C@H](CCCO)NC(=O)[C@H](CCN1CCOCC1)CC(=O)CCc1cccc(OCc2ccccc2)c1.CCCC[C@H](NC(=O)[C@H](CCN1CCOCC1)CC(=O)CCc1cccc(OCc2ccccc2)c1)C(=O)OC(C)(C)C.CO.Cc1ccc(S(=O)(=O)Cl)cc1.S.S.S. The first kappa shape index (κ1) is 121. The van der Waals surface area contributed by atoms with Crippen molar-refractivity contribution >= 4 is 107 Å². The molecule has 0 unspecified atom stereocenters. The molecule has 0 saturated carbocycles. The predicted octanol–water partition coefficient (Wildman–Crippen LogP) is 11.7. The fourth-order valence-electron chi connectivity index (χ4n) is 13.1. The Balaban J connectivity index is 0.00000178. The number of halogens is 1. The van der Waals surface area contributed by atoms with Crippen LogP contribution in [0.5, 0.6) is 11.5 Å². The van der Waals surface area contributed by atoms with Crippen LogP contribution in [0.3, 0.4) is 0 Å². The molecule has 3 saturated heterocycles. The number of Topliss-reactive ketones (excluding diaryl/α,β-unsaturated/α-hetero) is 2. The van der Waals surface area contributed by atoms with Crippen molar-refractivity contribution in [3.63, 3.8) is 0 Å². The van der Waals surface area contributed by atoms with Crippen molar-refractivity contribution in [1.82, 2.24) is 30.7 Å². The number of esters is 3. The molecule has 8 rings (SSSR count). The van der Waals surface area contributed by atoms with Gasteiger partial charge >= 0.3 is 17.9 Å². The number of ketones is 2. The van der Waals surface area contributed by atoms with Gasteiger partial charge in [0.25, 0.3) is 9.05 Å². The Hall–Kier alpha value is -7.25. The van der Waals surface area contributed by atoms with Crippen molar-refractivity contribution in [2.45, 2.75) is 245 Å². The van der Waals surface area contributed by atoms with E-state index in [9.17, 15) is 51.9 Å². The molecule has 3 amide bonds. The molecular formula is C95H152ClN7O21S4. The van der Waals surface area contributed by atoms with E-state index in [1.165, 1.54) is 12.1 Å². The van der Waals surface area contributed by atoms with Gasteiger partial charge in [-0.15, -0.1) is 0 Å². The van der Waals surface area contributed by atoms with Crippen LogP contribution in [-0.2, 0) is 102 Å². The van der Waals surface area contributed by atoms with Gasteiger partial charge < -0.3 is 74.9 Å². The van der Waals surface area contributed by atoms with E-state index in [1.54, 1.807) is 53.7 Å². The summed E-state index contributed by atoms with van der Waals surface area (Å²) >= 11 is 0. The normalized spacial score (nSPS) is 14.9. The van der Waals surface area contributed by atoms with Crippen LogP contribution in [0, 0.1) is 18.8 Å². The fourth-order valence-corrected chi connectivity index (χ4v) is 13.8. The summed E-state index contributed by atoms with van der Waals surface area (Å²) in [6.07, 6.45) is 6.97. The summed E-state index contributed by atoms with van der Waals surface area (Å²) in [4.78, 5) is 111. The summed E-state index contributed by atoms with van der Waals surface area (Å²) in [6.45, 7) is 31.7. The second kappa shape index (κ2) is 66.2. The van der Waals surface area contributed by atoms with Crippen molar-refractivity contribution in [2.24, 2.45) is 17.6 Å². The van der Waals surface area contributed by atoms with Gasteiger partial charge in [0, 0.05) is 114 Å². The molecule has 0 radical (unpaired) electrons. The number of hydrogen-bond donors (Lipinski definition) is 7. The van der Waals surface area contributed by atoms with E-state index in [0.717, 1.165) is 98.5 Å². The van der Waals surface area contributed by atoms with Crippen LogP contribution < -0.4 is 31.2 Å². The lowest BCUT2D eigenvalue weighted by Crippen LogP contribution is -2.51. The number of nitrogens with one attached hydrogen (secondary N) is 3. The van der Waals surface area contributed by atoms with Gasteiger partial charge in [0.05, 0.1) is 50.6 Å². The summed E-state index contributed by atoms with van der Waals surface area (Å²) in [7, 11) is 2.54. The fraction of sp³-hybridized carbons (Fsp3) is 0.600. The van der Waals surface area contributed by atoms with Gasteiger partial charge in [-0.25, -0.2) is 22.8 Å². The number of morpholine rings is 3. The van der Waals surface area contributed by atoms with E-state index >= 15 is 0 Å². The van der Waals surface area contributed by atoms with Crippen LogP contribution in [0.15, 0.2) is 138 Å². The van der Waals surface area contributed by atoms with Crippen LogP contribution >= 0.6 is 51.2 Å². The Bertz CT molecular complexity index is 3850. The van der Waals surface area contributed by atoms with Crippen LogP contribution in [-0.4, -0.2) is 245 Å². The molecule has 3 aliphatic heterocycles. The average Bonchev–Trinajstić information content (AvgIpc) is 0.872. The van der Waals surface area contributed by atoms with E-state index in [0.29, 0.717) is 143 Å². The molecule has 3 heterocycles. The van der Waals surface area contributed by atoms with Crippen LogP contribution in [0.4, 0.5) is 0 Å². The van der Waals surface area contributed by atoms with Crippen molar-refractivity contribution in [3.05, 3.63) is 161 Å². The molecule has 28 nitrogen and oxygen atoms in total. The number of amides is 3. The molecule has 6 atom stereocenters. The number of carbonyl (C=O) groups excluding carboxylic acids is 8. The number of nitrogens with zero attached hydrogens (tertiary/aromatic N) is 3. The number of aryl methyl sites for hydroxylation is 3. The molecule has 33 heteroatoms. The minimum Gasteiger partial charge on any atom is -0.489 e. The number of nitrogens with two attached hydrogens (primary N) is 1. The molecule has 8 N–H and O–H groups in total. The molecule has 0 aromatic heterocycles. The molecule has 3 aliphatic rings. The van der Waals surface area contributed by atoms with Gasteiger partial charge in [0.2, 0.25) is 17.7 Å². The first-order valence-corrected chi connectivity index (χ1v) is 45.8. The summed E-state index contributed by atoms with van der Waals surface area (Å²) in [5.74, 6) is -2.04. The van der Waals surface area contributed by atoms with E-state index in [-0.39, 0.29) is 115 Å². The number of ether oxygens (including phenoxy) is 8. The topological polar surface area (TPSA) is 377 Å². The highest BCUT2D eigenvalue weighted by Gasteiger charge is 2.34.